The minimum absolute atomic E-state index is 0.0578. The van der Waals surface area contributed by atoms with Gasteiger partial charge in [0.05, 0.1) is 12.0 Å². The van der Waals surface area contributed by atoms with E-state index in [1.165, 1.54) is 16.9 Å². The number of hydrogen-bond acceptors (Lipinski definition) is 5. The van der Waals surface area contributed by atoms with Crippen molar-refractivity contribution in [2.24, 2.45) is 0 Å². The Kier molecular flexibility index (Phi) is 7.64. The molecule has 0 atom stereocenters. The van der Waals surface area contributed by atoms with Crippen molar-refractivity contribution in [1.82, 2.24) is 4.90 Å². The van der Waals surface area contributed by atoms with Crippen LogP contribution < -0.4 is 14.4 Å². The quantitative estimate of drug-likeness (QED) is 0.266. The zero-order chi connectivity index (χ0) is 24.7. The van der Waals surface area contributed by atoms with Gasteiger partial charge in [-0.3, -0.25) is 9.69 Å². The molecule has 0 aliphatic carbocycles. The first-order valence-electron chi connectivity index (χ1n) is 12.2. The highest BCUT2D eigenvalue weighted by Crippen LogP contribution is 2.30. The molecule has 1 saturated heterocycles. The van der Waals surface area contributed by atoms with Gasteiger partial charge in [-0.25, -0.2) is 0 Å². The first-order chi connectivity index (χ1) is 17.7. The van der Waals surface area contributed by atoms with E-state index in [2.05, 4.69) is 17.0 Å². The van der Waals surface area contributed by atoms with Gasteiger partial charge in [0.1, 0.15) is 17.2 Å². The molecule has 1 fully saturated rings. The van der Waals surface area contributed by atoms with Gasteiger partial charge in [0.15, 0.2) is 0 Å². The Balaban J connectivity index is 1.26. The molecule has 1 aliphatic rings. The van der Waals surface area contributed by atoms with Gasteiger partial charge >= 0.3 is 0 Å². The molecule has 0 N–H and O–H groups in total. The van der Waals surface area contributed by atoms with Crippen LogP contribution in [-0.2, 0) is 6.54 Å². The Morgan fingerprint density at radius 2 is 1.64 bits per heavy atom. The maximum Gasteiger partial charge on any atom is 0.268 e. The molecule has 3 aromatic carbocycles. The second kappa shape index (κ2) is 11.4. The van der Waals surface area contributed by atoms with E-state index < -0.39 is 0 Å². The number of para-hydroxylation sites is 1. The van der Waals surface area contributed by atoms with E-state index in [-0.39, 0.29) is 11.9 Å². The van der Waals surface area contributed by atoms with Gasteiger partial charge in [0.25, 0.3) is 5.91 Å². The smallest absolute Gasteiger partial charge is 0.268 e. The van der Waals surface area contributed by atoms with Crippen LogP contribution in [0.4, 0.5) is 5.69 Å². The lowest BCUT2D eigenvalue weighted by atomic mass is 10.0. The van der Waals surface area contributed by atoms with Crippen LogP contribution in [-0.4, -0.2) is 37.0 Å². The van der Waals surface area contributed by atoms with Crippen LogP contribution in [0.1, 0.15) is 28.1 Å². The molecule has 1 aromatic heterocycles. The number of ether oxygens (including phenoxy) is 2. The number of piperidine rings is 1. The van der Waals surface area contributed by atoms with Crippen LogP contribution in [0.2, 0.25) is 0 Å². The number of carbonyl (C=O) groups excluding carboxylic acids is 1. The second-order valence-corrected chi connectivity index (χ2v) is 9.87. The van der Waals surface area contributed by atoms with Crippen molar-refractivity contribution >= 4 is 22.9 Å². The van der Waals surface area contributed by atoms with Crippen LogP contribution in [0.15, 0.2) is 96.4 Å². The number of thiophene rings is 1. The van der Waals surface area contributed by atoms with Crippen LogP contribution >= 0.6 is 11.3 Å². The van der Waals surface area contributed by atoms with E-state index >= 15 is 0 Å². The fraction of sp³-hybridized carbons (Fsp3) is 0.233. The Bertz CT molecular complexity index is 1270. The molecule has 1 aliphatic heterocycles. The number of methoxy groups -OCH3 is 1. The summed E-state index contributed by atoms with van der Waals surface area (Å²) in [6, 6.07) is 29.9. The highest BCUT2D eigenvalue weighted by atomic mass is 32.1. The topological polar surface area (TPSA) is 42.0 Å². The maximum atomic E-state index is 13.5. The molecular formula is C30H30N2O3S. The van der Waals surface area contributed by atoms with Crippen molar-refractivity contribution in [3.8, 4) is 17.2 Å². The monoisotopic (exact) mass is 498 g/mol. The molecule has 184 valence electrons. The number of hydrogen-bond donors (Lipinski definition) is 0. The fourth-order valence-corrected chi connectivity index (χ4v) is 5.36. The average molecular weight is 499 g/mol. The van der Waals surface area contributed by atoms with E-state index in [9.17, 15) is 4.79 Å². The van der Waals surface area contributed by atoms with Gasteiger partial charge in [0.2, 0.25) is 0 Å². The van der Waals surface area contributed by atoms with Crippen molar-refractivity contribution in [2.75, 3.05) is 25.1 Å². The van der Waals surface area contributed by atoms with Crippen LogP contribution in [0.5, 0.6) is 17.2 Å². The van der Waals surface area contributed by atoms with Crippen molar-refractivity contribution in [3.63, 3.8) is 0 Å². The molecule has 0 bridgehead atoms. The molecule has 1 amide bonds. The zero-order valence-corrected chi connectivity index (χ0v) is 21.2. The molecule has 5 rings (SSSR count). The van der Waals surface area contributed by atoms with E-state index in [1.807, 2.05) is 89.1 Å². The summed E-state index contributed by atoms with van der Waals surface area (Å²) in [5.74, 6) is 2.50. The first kappa shape index (κ1) is 24.1. The summed E-state index contributed by atoms with van der Waals surface area (Å²) >= 11 is 1.49. The Morgan fingerprint density at radius 1 is 0.889 bits per heavy atom. The van der Waals surface area contributed by atoms with Crippen LogP contribution in [0.25, 0.3) is 0 Å². The van der Waals surface area contributed by atoms with E-state index in [0.29, 0.717) is 0 Å². The van der Waals surface area contributed by atoms with E-state index in [1.54, 1.807) is 7.11 Å². The molecule has 36 heavy (non-hydrogen) atoms. The number of likely N-dealkylation sites (tertiary alicyclic amines) is 1. The maximum absolute atomic E-state index is 13.5. The fourth-order valence-electron chi connectivity index (χ4n) is 4.70. The molecule has 0 unspecified atom stereocenters. The Labute approximate surface area is 216 Å². The lowest BCUT2D eigenvalue weighted by molar-refractivity contribution is 0.0962. The van der Waals surface area contributed by atoms with E-state index in [0.717, 1.165) is 60.3 Å². The number of benzene rings is 3. The van der Waals surface area contributed by atoms with Gasteiger partial charge in [-0.15, -0.1) is 11.3 Å². The highest BCUT2D eigenvalue weighted by molar-refractivity contribution is 7.12. The number of amides is 1. The van der Waals surface area contributed by atoms with E-state index in [4.69, 9.17) is 9.47 Å². The third-order valence-corrected chi connectivity index (χ3v) is 7.35. The van der Waals surface area contributed by atoms with Crippen molar-refractivity contribution < 1.29 is 14.3 Å². The standard InChI is InChI=1S/C30H30N2O3S/c1-34-27-12-6-9-25(21-27)32(30(33)29-14-7-19-36-29)24-15-17-31(18-16-24)22-23-8-5-13-28(20-23)35-26-10-3-2-4-11-26/h2-14,19-21,24H,15-18,22H2,1H3. The third kappa shape index (κ3) is 5.78. The molecule has 0 saturated carbocycles. The largest absolute Gasteiger partial charge is 0.497 e. The molecule has 0 spiro atoms. The summed E-state index contributed by atoms with van der Waals surface area (Å²) in [6.07, 6.45) is 1.82. The minimum atomic E-state index is 0.0578. The zero-order valence-electron chi connectivity index (χ0n) is 20.4. The average Bonchev–Trinajstić information content (AvgIpc) is 3.46. The van der Waals surface area contributed by atoms with Gasteiger partial charge in [-0.1, -0.05) is 42.5 Å². The van der Waals surface area contributed by atoms with Gasteiger partial charge in [-0.05, 0) is 66.2 Å². The molecule has 0 radical (unpaired) electrons. The summed E-state index contributed by atoms with van der Waals surface area (Å²) in [6.45, 7) is 2.70. The lowest BCUT2D eigenvalue weighted by Gasteiger charge is -2.38. The summed E-state index contributed by atoms with van der Waals surface area (Å²) in [5, 5.41) is 1.95. The van der Waals surface area contributed by atoms with Crippen LogP contribution in [0.3, 0.4) is 0 Å². The van der Waals surface area contributed by atoms with Crippen LogP contribution in [0, 0.1) is 0 Å². The minimum Gasteiger partial charge on any atom is -0.497 e. The molecule has 5 nitrogen and oxygen atoms in total. The van der Waals surface area contributed by atoms with Gasteiger partial charge in [0, 0.05) is 37.4 Å². The van der Waals surface area contributed by atoms with Gasteiger partial charge < -0.3 is 14.4 Å². The Hall–Kier alpha value is -3.61. The Morgan fingerprint density at radius 3 is 2.39 bits per heavy atom. The molecule has 4 aromatic rings. The second-order valence-electron chi connectivity index (χ2n) is 8.92. The predicted octanol–water partition coefficient (Wildman–Crippen LogP) is 6.86. The predicted molar refractivity (Wildman–Crippen MR) is 145 cm³/mol. The number of anilines is 1. The summed E-state index contributed by atoms with van der Waals surface area (Å²) in [4.78, 5) is 18.7. The number of nitrogens with zero attached hydrogens (tertiary/aromatic N) is 2. The number of carbonyl (C=O) groups is 1. The third-order valence-electron chi connectivity index (χ3n) is 6.49. The highest BCUT2D eigenvalue weighted by Gasteiger charge is 2.30. The van der Waals surface area contributed by atoms with Crippen molar-refractivity contribution in [3.05, 3.63) is 107 Å². The lowest BCUT2D eigenvalue weighted by Crippen LogP contribution is -2.47. The first-order valence-corrected chi connectivity index (χ1v) is 13.1. The van der Waals surface area contributed by atoms with Gasteiger partial charge in [-0.2, -0.15) is 0 Å². The summed E-state index contributed by atoms with van der Waals surface area (Å²) < 4.78 is 11.5. The molecular weight excluding hydrogens is 468 g/mol. The SMILES string of the molecule is COc1cccc(N(C(=O)c2cccs2)C2CCN(Cc3cccc(Oc4ccccc4)c3)CC2)c1. The summed E-state index contributed by atoms with van der Waals surface area (Å²) in [7, 11) is 1.66. The summed E-state index contributed by atoms with van der Waals surface area (Å²) in [5.41, 5.74) is 2.11. The van der Waals surface area contributed by atoms with Crippen molar-refractivity contribution in [2.45, 2.75) is 25.4 Å². The normalized spacial score (nSPS) is 14.4. The molecule has 6 heteroatoms. The van der Waals surface area contributed by atoms with Crippen molar-refractivity contribution in [1.29, 1.82) is 0 Å². The number of rotatable bonds is 8. The molecule has 2 heterocycles.